The Hall–Kier alpha value is -4.07. The van der Waals surface area contributed by atoms with Gasteiger partial charge in [-0.2, -0.15) is 0 Å². The maximum atomic E-state index is 11.1. The van der Waals surface area contributed by atoms with Gasteiger partial charge in [-0.05, 0) is 59.5 Å². The van der Waals surface area contributed by atoms with E-state index in [1.165, 1.54) is 17.0 Å². The van der Waals surface area contributed by atoms with Crippen LogP contribution in [0.3, 0.4) is 0 Å². The van der Waals surface area contributed by atoms with Gasteiger partial charge in [-0.15, -0.1) is 0 Å². The van der Waals surface area contributed by atoms with Crippen LogP contribution in [0.25, 0.3) is 17.0 Å². The second-order valence-electron chi connectivity index (χ2n) is 8.18. The fraction of sp³-hybridized carbons (Fsp3) is 0.179. The van der Waals surface area contributed by atoms with E-state index >= 15 is 0 Å². The van der Waals surface area contributed by atoms with Gasteiger partial charge in [0, 0.05) is 35.8 Å². The Kier molecular flexibility index (Phi) is 8.17. The summed E-state index contributed by atoms with van der Waals surface area (Å²) in [5.74, 6) is 1.00. The highest BCUT2D eigenvalue weighted by molar-refractivity contribution is 5.90. The Balaban J connectivity index is 1.43. The molecule has 1 heterocycles. The number of carbonyl (C=O) groups is 1. The number of methoxy groups -OCH3 is 1. The first-order valence-electron chi connectivity index (χ1n) is 11.4. The summed E-state index contributed by atoms with van der Waals surface area (Å²) in [6.45, 7) is 1.19. The van der Waals surface area contributed by atoms with Gasteiger partial charge in [0.25, 0.3) is 5.91 Å². The van der Waals surface area contributed by atoms with Crippen molar-refractivity contribution in [3.05, 3.63) is 102 Å². The Bertz CT molecular complexity index is 1260. The van der Waals surface area contributed by atoms with Crippen molar-refractivity contribution in [2.24, 2.45) is 0 Å². The number of ether oxygens (including phenoxy) is 2. The summed E-state index contributed by atoms with van der Waals surface area (Å²) in [5, 5.41) is 13.4. The van der Waals surface area contributed by atoms with Gasteiger partial charge in [-0.3, -0.25) is 10.0 Å². The minimum atomic E-state index is -0.576. The van der Waals surface area contributed by atoms with Crippen LogP contribution < -0.4 is 20.3 Å². The van der Waals surface area contributed by atoms with E-state index in [4.69, 9.17) is 14.7 Å². The molecule has 0 radical (unpaired) electrons. The van der Waals surface area contributed by atoms with Gasteiger partial charge in [-0.1, -0.05) is 42.5 Å². The molecule has 0 saturated heterocycles. The van der Waals surface area contributed by atoms with Crippen molar-refractivity contribution in [2.45, 2.75) is 19.0 Å². The average molecular weight is 472 g/mol. The van der Waals surface area contributed by atoms with E-state index in [0.29, 0.717) is 13.2 Å². The first-order valence-corrected chi connectivity index (χ1v) is 11.4. The summed E-state index contributed by atoms with van der Waals surface area (Å²) in [4.78, 5) is 14.5. The molecule has 0 bridgehead atoms. The first kappa shape index (κ1) is 24.1. The quantitative estimate of drug-likeness (QED) is 0.147. The van der Waals surface area contributed by atoms with Crippen molar-refractivity contribution in [2.75, 3.05) is 13.7 Å². The molecule has 0 aliphatic heterocycles. The molecule has 4 rings (SSSR count). The normalized spacial score (nSPS) is 12.1. The van der Waals surface area contributed by atoms with Crippen LogP contribution in [0, 0.1) is 0 Å². The molecule has 7 nitrogen and oxygen atoms in total. The molecule has 0 fully saturated rings. The van der Waals surface area contributed by atoms with Crippen LogP contribution in [-0.4, -0.2) is 35.9 Å². The third kappa shape index (κ3) is 6.72. The highest BCUT2D eigenvalue weighted by atomic mass is 16.5. The molecule has 0 spiro atoms. The van der Waals surface area contributed by atoms with Gasteiger partial charge in [0.05, 0.1) is 7.11 Å². The van der Waals surface area contributed by atoms with Crippen LogP contribution in [0.15, 0.2) is 85.1 Å². The van der Waals surface area contributed by atoms with Gasteiger partial charge in [0.1, 0.15) is 18.1 Å². The fourth-order valence-corrected chi connectivity index (χ4v) is 3.84. The summed E-state index contributed by atoms with van der Waals surface area (Å²) < 4.78 is 11.4. The predicted octanol–water partition coefficient (Wildman–Crippen LogP) is 4.48. The van der Waals surface area contributed by atoms with Crippen LogP contribution in [-0.2, 0) is 17.8 Å². The highest BCUT2D eigenvalue weighted by Gasteiger charge is 2.14. The van der Waals surface area contributed by atoms with Crippen molar-refractivity contribution < 1.29 is 19.5 Å². The van der Waals surface area contributed by atoms with E-state index < -0.39 is 5.91 Å². The number of hydroxylamine groups is 1. The highest BCUT2D eigenvalue weighted by Crippen LogP contribution is 2.20. The number of aromatic amines is 1. The topological polar surface area (TPSA) is 95.6 Å². The Labute approximate surface area is 204 Å². The van der Waals surface area contributed by atoms with Gasteiger partial charge in [0.2, 0.25) is 0 Å². The summed E-state index contributed by atoms with van der Waals surface area (Å²) in [5.41, 5.74) is 5.92. The third-order valence-corrected chi connectivity index (χ3v) is 5.76. The molecule has 3 aromatic carbocycles. The summed E-state index contributed by atoms with van der Waals surface area (Å²) >= 11 is 0. The van der Waals surface area contributed by atoms with Crippen molar-refractivity contribution in [1.82, 2.24) is 15.8 Å². The Morgan fingerprint density at radius 2 is 1.77 bits per heavy atom. The Morgan fingerprint density at radius 3 is 2.51 bits per heavy atom. The second kappa shape index (κ2) is 11.9. The zero-order chi connectivity index (χ0) is 24.5. The van der Waals surface area contributed by atoms with Crippen molar-refractivity contribution in [3.8, 4) is 11.5 Å². The van der Waals surface area contributed by atoms with Crippen molar-refractivity contribution in [3.63, 3.8) is 0 Å². The molecule has 1 atom stereocenters. The number of carbonyl (C=O) groups excluding carboxylic acids is 1. The largest absolute Gasteiger partial charge is 0.497 e. The summed E-state index contributed by atoms with van der Waals surface area (Å²) in [7, 11) is 1.66. The number of hydrogen-bond acceptors (Lipinski definition) is 5. The first-order chi connectivity index (χ1) is 17.1. The number of hydrogen-bond donors (Lipinski definition) is 4. The van der Waals surface area contributed by atoms with Crippen LogP contribution in [0.1, 0.15) is 16.7 Å². The molecule has 180 valence electrons. The lowest BCUT2D eigenvalue weighted by atomic mass is 10.0. The third-order valence-electron chi connectivity index (χ3n) is 5.76. The molecule has 4 aromatic rings. The van der Waals surface area contributed by atoms with Gasteiger partial charge in [-0.25, -0.2) is 5.48 Å². The lowest BCUT2D eigenvalue weighted by Gasteiger charge is -2.20. The monoisotopic (exact) mass is 471 g/mol. The molecule has 1 amide bonds. The Morgan fingerprint density at radius 1 is 1.03 bits per heavy atom. The zero-order valence-electron chi connectivity index (χ0n) is 19.5. The summed E-state index contributed by atoms with van der Waals surface area (Å²) in [6, 6.07) is 23.8. The molecule has 1 aromatic heterocycles. The van der Waals surface area contributed by atoms with Crippen molar-refractivity contribution in [1.29, 1.82) is 0 Å². The van der Waals surface area contributed by atoms with Crippen LogP contribution in [0.2, 0.25) is 0 Å². The van der Waals surface area contributed by atoms with Crippen LogP contribution >= 0.6 is 0 Å². The number of benzene rings is 3. The number of rotatable bonds is 11. The molecule has 4 N–H and O–H groups in total. The van der Waals surface area contributed by atoms with E-state index in [-0.39, 0.29) is 6.04 Å². The molecule has 0 aliphatic carbocycles. The number of aromatic nitrogens is 1. The van der Waals surface area contributed by atoms with Gasteiger partial charge in [0.15, 0.2) is 0 Å². The SMILES string of the molecule is COc1ccc(CN[C@H](COc2ccc(/C=C/C(=O)NO)cc2)Cc2c[nH]c3ccccc23)cc1. The van der Waals surface area contributed by atoms with E-state index in [2.05, 4.69) is 46.8 Å². The fourth-order valence-electron chi connectivity index (χ4n) is 3.84. The lowest BCUT2D eigenvalue weighted by molar-refractivity contribution is -0.124. The van der Waals surface area contributed by atoms with E-state index in [1.807, 2.05) is 42.5 Å². The maximum Gasteiger partial charge on any atom is 0.267 e. The molecular formula is C28H29N3O4. The smallest absolute Gasteiger partial charge is 0.267 e. The second-order valence-corrected chi connectivity index (χ2v) is 8.18. The van der Waals surface area contributed by atoms with E-state index in [0.717, 1.165) is 34.6 Å². The summed E-state index contributed by atoms with van der Waals surface area (Å²) in [6.07, 6.45) is 5.75. The van der Waals surface area contributed by atoms with Crippen LogP contribution in [0.4, 0.5) is 0 Å². The molecule has 0 saturated carbocycles. The number of para-hydroxylation sites is 1. The van der Waals surface area contributed by atoms with Crippen molar-refractivity contribution >= 4 is 22.9 Å². The minimum Gasteiger partial charge on any atom is -0.497 e. The van der Waals surface area contributed by atoms with Gasteiger partial charge >= 0.3 is 0 Å². The minimum absolute atomic E-state index is 0.0733. The molecule has 0 aliphatic rings. The molecule has 7 heteroatoms. The number of H-pyrrole nitrogens is 1. The zero-order valence-corrected chi connectivity index (χ0v) is 19.5. The van der Waals surface area contributed by atoms with E-state index in [1.54, 1.807) is 18.7 Å². The lowest BCUT2D eigenvalue weighted by Crippen LogP contribution is -2.36. The maximum absolute atomic E-state index is 11.1. The van der Waals surface area contributed by atoms with Gasteiger partial charge < -0.3 is 19.8 Å². The number of amides is 1. The number of nitrogens with one attached hydrogen (secondary N) is 3. The molecule has 0 unspecified atom stereocenters. The predicted molar refractivity (Wildman–Crippen MR) is 137 cm³/mol. The van der Waals surface area contributed by atoms with E-state index in [9.17, 15) is 4.79 Å². The molecule has 35 heavy (non-hydrogen) atoms. The number of fused-ring (bicyclic) bond motifs is 1. The standard InChI is InChI=1S/C28H29N3O4/c1-34-24-11-8-21(9-12-24)17-29-23(16-22-18-30-27-5-3-2-4-26(22)27)19-35-25-13-6-20(7-14-25)10-15-28(32)31-33/h2-15,18,23,29-30,33H,16-17,19H2,1H3,(H,31,32)/b15-10+/t23-/m0/s1. The van der Waals surface area contributed by atoms with Crippen LogP contribution in [0.5, 0.6) is 11.5 Å². The average Bonchev–Trinajstić information content (AvgIpc) is 3.32. The molecular weight excluding hydrogens is 442 g/mol.